The van der Waals surface area contributed by atoms with Crippen molar-refractivity contribution in [3.05, 3.63) is 36.2 Å². The number of benzene rings is 1. The van der Waals surface area contributed by atoms with Crippen LogP contribution in [0.1, 0.15) is 45.4 Å². The largest absolute Gasteiger partial charge is 0.339 e. The quantitative estimate of drug-likeness (QED) is 0.837. The van der Waals surface area contributed by atoms with Crippen LogP contribution < -0.4 is 5.32 Å². The van der Waals surface area contributed by atoms with E-state index in [-0.39, 0.29) is 5.92 Å². The van der Waals surface area contributed by atoms with Gasteiger partial charge in [0, 0.05) is 11.6 Å². The Morgan fingerprint density at radius 2 is 1.95 bits per heavy atom. The first-order valence-corrected chi connectivity index (χ1v) is 7.38. The lowest BCUT2D eigenvalue weighted by molar-refractivity contribution is 0.316. The summed E-state index contributed by atoms with van der Waals surface area (Å²) in [5, 5.41) is 7.61. The second-order valence-electron chi connectivity index (χ2n) is 5.08. The fourth-order valence-electron chi connectivity index (χ4n) is 2.35. The van der Waals surface area contributed by atoms with Crippen LogP contribution in [0.25, 0.3) is 11.4 Å². The van der Waals surface area contributed by atoms with Crippen LogP contribution >= 0.6 is 0 Å². The standard InChI is InChI=1S/C16H23N3O/c1-4-11-17-12(3)14(5-2)16-18-15(19-20-16)13-9-7-6-8-10-13/h6-10,12,14,17H,4-5,11H2,1-3H3. The number of hydrogen-bond acceptors (Lipinski definition) is 4. The van der Waals surface area contributed by atoms with Gasteiger partial charge in [-0.1, -0.05) is 49.3 Å². The molecule has 1 heterocycles. The molecular formula is C16H23N3O. The molecule has 4 nitrogen and oxygen atoms in total. The van der Waals surface area contributed by atoms with Crippen molar-refractivity contribution >= 4 is 0 Å². The molecule has 0 saturated heterocycles. The van der Waals surface area contributed by atoms with E-state index in [9.17, 15) is 0 Å². The average Bonchev–Trinajstić information content (AvgIpc) is 2.96. The molecule has 0 aliphatic carbocycles. The molecule has 2 unspecified atom stereocenters. The van der Waals surface area contributed by atoms with Crippen LogP contribution in [0.5, 0.6) is 0 Å². The molecule has 0 amide bonds. The fourth-order valence-corrected chi connectivity index (χ4v) is 2.35. The number of nitrogens with zero attached hydrogens (tertiary/aromatic N) is 2. The van der Waals surface area contributed by atoms with E-state index in [2.05, 4.69) is 36.2 Å². The summed E-state index contributed by atoms with van der Waals surface area (Å²) in [6.07, 6.45) is 2.11. The molecule has 1 aromatic carbocycles. The molecule has 108 valence electrons. The molecule has 1 N–H and O–H groups in total. The topological polar surface area (TPSA) is 51.0 Å². The second kappa shape index (κ2) is 7.20. The van der Waals surface area contributed by atoms with Crippen molar-refractivity contribution < 1.29 is 4.52 Å². The second-order valence-corrected chi connectivity index (χ2v) is 5.08. The third-order valence-electron chi connectivity index (χ3n) is 3.55. The minimum atomic E-state index is 0.256. The van der Waals surface area contributed by atoms with Gasteiger partial charge in [0.05, 0.1) is 5.92 Å². The van der Waals surface area contributed by atoms with Crippen LogP contribution in [0, 0.1) is 0 Å². The summed E-state index contributed by atoms with van der Waals surface area (Å²) in [4.78, 5) is 4.56. The number of rotatable bonds is 7. The van der Waals surface area contributed by atoms with Crippen molar-refractivity contribution in [2.24, 2.45) is 0 Å². The van der Waals surface area contributed by atoms with Crippen molar-refractivity contribution in [1.29, 1.82) is 0 Å². The number of nitrogens with one attached hydrogen (secondary N) is 1. The van der Waals surface area contributed by atoms with Gasteiger partial charge in [0.15, 0.2) is 0 Å². The maximum absolute atomic E-state index is 5.47. The van der Waals surface area contributed by atoms with Gasteiger partial charge in [-0.15, -0.1) is 0 Å². The van der Waals surface area contributed by atoms with Crippen molar-refractivity contribution in [1.82, 2.24) is 15.5 Å². The highest BCUT2D eigenvalue weighted by Gasteiger charge is 2.23. The smallest absolute Gasteiger partial charge is 0.231 e. The Hall–Kier alpha value is -1.68. The van der Waals surface area contributed by atoms with Crippen molar-refractivity contribution in [3.63, 3.8) is 0 Å². The summed E-state index contributed by atoms with van der Waals surface area (Å²) in [7, 11) is 0. The first-order valence-electron chi connectivity index (χ1n) is 7.38. The van der Waals surface area contributed by atoms with E-state index >= 15 is 0 Å². The molecule has 20 heavy (non-hydrogen) atoms. The monoisotopic (exact) mass is 273 g/mol. The zero-order valence-electron chi connectivity index (χ0n) is 12.5. The van der Waals surface area contributed by atoms with Gasteiger partial charge >= 0.3 is 0 Å². The highest BCUT2D eigenvalue weighted by molar-refractivity contribution is 5.53. The maximum atomic E-state index is 5.47. The summed E-state index contributed by atoms with van der Waals surface area (Å²) in [5.41, 5.74) is 0.992. The number of aromatic nitrogens is 2. The lowest BCUT2D eigenvalue weighted by Gasteiger charge is -2.20. The Kier molecular flexibility index (Phi) is 5.30. The molecule has 2 rings (SSSR count). The molecule has 0 aliphatic rings. The molecule has 2 atom stereocenters. The first-order chi connectivity index (χ1) is 9.76. The van der Waals surface area contributed by atoms with Gasteiger partial charge in [-0.05, 0) is 26.3 Å². The van der Waals surface area contributed by atoms with Gasteiger partial charge in [0.25, 0.3) is 0 Å². The van der Waals surface area contributed by atoms with Gasteiger partial charge in [-0.2, -0.15) is 4.98 Å². The Labute approximate surface area is 120 Å². The highest BCUT2D eigenvalue weighted by atomic mass is 16.5. The normalized spacial score (nSPS) is 14.2. The maximum Gasteiger partial charge on any atom is 0.231 e. The minimum Gasteiger partial charge on any atom is -0.339 e. The summed E-state index contributed by atoms with van der Waals surface area (Å²) < 4.78 is 5.47. The van der Waals surface area contributed by atoms with Crippen LogP contribution in [0.2, 0.25) is 0 Å². The Morgan fingerprint density at radius 3 is 2.60 bits per heavy atom. The van der Waals surface area contributed by atoms with E-state index < -0.39 is 0 Å². The summed E-state index contributed by atoms with van der Waals surface area (Å²) >= 11 is 0. The molecule has 0 saturated carbocycles. The molecule has 0 bridgehead atoms. The van der Waals surface area contributed by atoms with E-state index in [0.717, 1.165) is 30.8 Å². The Bertz CT molecular complexity index is 509. The predicted octanol–water partition coefficient (Wildman–Crippen LogP) is 3.62. The van der Waals surface area contributed by atoms with E-state index in [1.54, 1.807) is 0 Å². The minimum absolute atomic E-state index is 0.256. The van der Waals surface area contributed by atoms with Crippen molar-refractivity contribution in [3.8, 4) is 11.4 Å². The van der Waals surface area contributed by atoms with Crippen LogP contribution in [-0.2, 0) is 0 Å². The summed E-state index contributed by atoms with van der Waals surface area (Å²) in [6, 6.07) is 10.3. The SMILES string of the molecule is CCCNC(C)C(CC)c1nc(-c2ccccc2)no1. The van der Waals surface area contributed by atoms with Crippen molar-refractivity contribution in [2.75, 3.05) is 6.54 Å². The zero-order chi connectivity index (χ0) is 14.4. The lowest BCUT2D eigenvalue weighted by atomic mass is 9.98. The van der Waals surface area contributed by atoms with Gasteiger partial charge in [0.2, 0.25) is 11.7 Å². The van der Waals surface area contributed by atoms with Crippen LogP contribution in [0.3, 0.4) is 0 Å². The molecule has 1 aromatic heterocycles. The van der Waals surface area contributed by atoms with E-state index in [0.29, 0.717) is 11.9 Å². The van der Waals surface area contributed by atoms with Crippen LogP contribution in [0.15, 0.2) is 34.9 Å². The van der Waals surface area contributed by atoms with Gasteiger partial charge in [-0.3, -0.25) is 0 Å². The van der Waals surface area contributed by atoms with E-state index in [4.69, 9.17) is 4.52 Å². The molecular weight excluding hydrogens is 250 g/mol. The average molecular weight is 273 g/mol. The molecule has 0 fully saturated rings. The predicted molar refractivity (Wildman–Crippen MR) is 80.5 cm³/mol. The molecule has 4 heteroatoms. The fraction of sp³-hybridized carbons (Fsp3) is 0.500. The Morgan fingerprint density at radius 1 is 1.20 bits per heavy atom. The first kappa shape index (κ1) is 14.7. The molecule has 2 aromatic rings. The van der Waals surface area contributed by atoms with Gasteiger partial charge in [0.1, 0.15) is 0 Å². The van der Waals surface area contributed by atoms with E-state index in [1.807, 2.05) is 30.3 Å². The van der Waals surface area contributed by atoms with Crippen LogP contribution in [0.4, 0.5) is 0 Å². The van der Waals surface area contributed by atoms with Gasteiger partial charge < -0.3 is 9.84 Å². The van der Waals surface area contributed by atoms with Gasteiger partial charge in [-0.25, -0.2) is 0 Å². The molecule has 0 aliphatic heterocycles. The molecule has 0 radical (unpaired) electrons. The third-order valence-corrected chi connectivity index (χ3v) is 3.55. The lowest BCUT2D eigenvalue weighted by Crippen LogP contribution is -2.32. The van der Waals surface area contributed by atoms with Crippen molar-refractivity contribution in [2.45, 2.75) is 45.6 Å². The molecule has 0 spiro atoms. The van der Waals surface area contributed by atoms with E-state index in [1.165, 1.54) is 0 Å². The zero-order valence-corrected chi connectivity index (χ0v) is 12.5. The Balaban J connectivity index is 2.14. The summed E-state index contributed by atoms with van der Waals surface area (Å²) in [5.74, 6) is 1.65. The number of hydrogen-bond donors (Lipinski definition) is 1. The summed E-state index contributed by atoms with van der Waals surface area (Å²) in [6.45, 7) is 7.51. The highest BCUT2D eigenvalue weighted by Crippen LogP contribution is 2.24. The van der Waals surface area contributed by atoms with Crippen LogP contribution in [-0.4, -0.2) is 22.7 Å². The third kappa shape index (κ3) is 3.45.